The largest absolute Gasteiger partial charge is 0.545 e. The first-order valence-corrected chi connectivity index (χ1v) is 28.3. The zero-order chi connectivity index (χ0) is 53.4. The molecule has 2 unspecified atom stereocenters. The average Bonchev–Trinajstić information content (AvgIpc) is 3.36. The van der Waals surface area contributed by atoms with E-state index in [1.807, 2.05) is 21.1 Å². The summed E-state index contributed by atoms with van der Waals surface area (Å²) in [6.07, 6.45) is 73.5. The number of quaternary nitrogens is 1. The van der Waals surface area contributed by atoms with E-state index in [0.29, 0.717) is 17.4 Å². The Morgan fingerprint density at radius 2 is 0.740 bits per heavy atom. The number of allylic oxidation sites excluding steroid dienone is 22. The highest BCUT2D eigenvalue weighted by Crippen LogP contribution is 2.13. The molecule has 0 aliphatic rings. The maximum Gasteiger partial charge on any atom is 0.306 e. The SMILES string of the molecule is CC/C=C\C/C=C\C/C=C\C/C=C\C/C=C\C/C=C\C/C=C\C/C=C\CCCCCCCCC(=O)OC(COC(=O)CCCCCCCCC/C=C\C/C=C\C/C=C\CC)COC(OCC[N+](C)(C)C)C(=O)[O-]. The second-order valence-corrected chi connectivity index (χ2v) is 19.5. The van der Waals surface area contributed by atoms with Crippen molar-refractivity contribution in [2.75, 3.05) is 47.5 Å². The van der Waals surface area contributed by atoms with E-state index >= 15 is 0 Å². The molecule has 0 radical (unpaired) electrons. The summed E-state index contributed by atoms with van der Waals surface area (Å²) < 4.78 is 22.6. The van der Waals surface area contributed by atoms with Gasteiger partial charge in [0, 0.05) is 12.8 Å². The minimum absolute atomic E-state index is 0.135. The third-order valence-electron chi connectivity index (χ3n) is 11.4. The van der Waals surface area contributed by atoms with Crippen molar-refractivity contribution in [3.05, 3.63) is 134 Å². The van der Waals surface area contributed by atoms with Crippen LogP contribution in [0.2, 0.25) is 0 Å². The van der Waals surface area contributed by atoms with Gasteiger partial charge in [0.1, 0.15) is 13.2 Å². The summed E-state index contributed by atoms with van der Waals surface area (Å²) in [4.78, 5) is 37.3. The highest BCUT2D eigenvalue weighted by atomic mass is 16.7. The third-order valence-corrected chi connectivity index (χ3v) is 11.4. The number of carboxylic acids is 1. The first kappa shape index (κ1) is 68.4. The molecule has 0 saturated heterocycles. The lowest BCUT2D eigenvalue weighted by molar-refractivity contribution is -0.870. The molecule has 0 fully saturated rings. The van der Waals surface area contributed by atoms with Gasteiger partial charge in [0.05, 0.1) is 40.3 Å². The summed E-state index contributed by atoms with van der Waals surface area (Å²) in [7, 11) is 5.90. The minimum atomic E-state index is -1.64. The van der Waals surface area contributed by atoms with Gasteiger partial charge in [0.25, 0.3) is 0 Å². The Kier molecular flexibility index (Phi) is 50.4. The number of nitrogens with zero attached hydrogens (tertiary/aromatic N) is 1. The molecule has 0 aromatic carbocycles. The smallest absolute Gasteiger partial charge is 0.306 e. The summed E-state index contributed by atoms with van der Waals surface area (Å²) in [5.41, 5.74) is 0. The van der Waals surface area contributed by atoms with Crippen LogP contribution in [0.15, 0.2) is 134 Å². The molecule has 0 spiro atoms. The predicted molar refractivity (Wildman–Crippen MR) is 306 cm³/mol. The Hall–Kier alpha value is -4.57. The summed E-state index contributed by atoms with van der Waals surface area (Å²) in [5, 5.41) is 11.8. The van der Waals surface area contributed by atoms with Crippen LogP contribution in [0.3, 0.4) is 0 Å². The number of esters is 2. The average molecular weight is 1010 g/mol. The molecule has 0 aliphatic heterocycles. The lowest BCUT2D eigenvalue weighted by atomic mass is 10.1. The molecule has 0 saturated carbocycles. The summed E-state index contributed by atoms with van der Waals surface area (Å²) >= 11 is 0. The predicted octanol–water partition coefficient (Wildman–Crippen LogP) is 15.3. The molecule has 73 heavy (non-hydrogen) atoms. The van der Waals surface area contributed by atoms with Gasteiger partial charge in [0.15, 0.2) is 12.4 Å². The van der Waals surface area contributed by atoms with Gasteiger partial charge >= 0.3 is 11.9 Å². The minimum Gasteiger partial charge on any atom is -0.545 e. The maximum absolute atomic E-state index is 12.9. The monoisotopic (exact) mass is 1010 g/mol. The summed E-state index contributed by atoms with van der Waals surface area (Å²) in [6, 6.07) is 0. The van der Waals surface area contributed by atoms with Gasteiger partial charge in [-0.05, 0) is 109 Å². The van der Waals surface area contributed by atoms with Crippen LogP contribution in [-0.4, -0.2) is 82.3 Å². The molecule has 9 heteroatoms. The number of aliphatic carboxylic acids is 1. The van der Waals surface area contributed by atoms with E-state index in [0.717, 1.165) is 141 Å². The molecule has 0 amide bonds. The molecule has 2 atom stereocenters. The molecular weight excluding hydrogens is 911 g/mol. The topological polar surface area (TPSA) is 111 Å². The zero-order valence-electron chi connectivity index (χ0n) is 46.7. The van der Waals surface area contributed by atoms with Crippen LogP contribution in [0.1, 0.15) is 194 Å². The van der Waals surface area contributed by atoms with Crippen LogP contribution < -0.4 is 5.11 Å². The number of carboxylic acid groups (broad SMARTS) is 1. The van der Waals surface area contributed by atoms with E-state index in [4.69, 9.17) is 18.9 Å². The van der Waals surface area contributed by atoms with E-state index < -0.39 is 24.3 Å². The summed E-state index contributed by atoms with van der Waals surface area (Å²) in [5.74, 6) is -2.33. The fourth-order valence-corrected chi connectivity index (χ4v) is 7.09. The van der Waals surface area contributed by atoms with Gasteiger partial charge in [-0.25, -0.2) is 0 Å². The Morgan fingerprint density at radius 3 is 1.10 bits per heavy atom. The zero-order valence-corrected chi connectivity index (χ0v) is 46.7. The molecular formula is C64H103NO8. The van der Waals surface area contributed by atoms with E-state index in [1.54, 1.807) is 0 Å². The van der Waals surface area contributed by atoms with Gasteiger partial charge in [-0.1, -0.05) is 205 Å². The number of hydrogen-bond donors (Lipinski definition) is 0. The van der Waals surface area contributed by atoms with Crippen LogP contribution in [0.25, 0.3) is 0 Å². The van der Waals surface area contributed by atoms with Crippen molar-refractivity contribution in [2.24, 2.45) is 0 Å². The number of carbonyl (C=O) groups excluding carboxylic acids is 3. The standard InChI is InChI=1S/C64H103NO8/c1-6-8-10-12-14-16-18-20-22-24-25-26-27-28-29-30-31-32-33-34-35-36-37-39-41-43-45-47-49-51-53-55-62(67)73-60(59-72-64(63(68)69)70-57-56-65(3,4)5)58-71-61(66)54-52-50-48-46-44-42-40-38-23-21-19-17-15-13-11-9-7-2/h8-11,14-17,20-23,25-26,28-29,31-32,34-35,37,39,60,64H,6-7,12-13,18-19,24,27,30,33,36,38,40-59H2,1-5H3/b10-8-,11-9-,16-14-,17-15-,22-20-,23-21-,26-25-,29-28-,32-31-,35-34-,39-37-. The van der Waals surface area contributed by atoms with Crippen molar-refractivity contribution in [2.45, 2.75) is 206 Å². The van der Waals surface area contributed by atoms with E-state index in [2.05, 4.69) is 148 Å². The number of hydrogen-bond acceptors (Lipinski definition) is 8. The van der Waals surface area contributed by atoms with Gasteiger partial charge < -0.3 is 33.3 Å². The molecule has 9 nitrogen and oxygen atoms in total. The molecule has 0 aromatic rings. The second-order valence-electron chi connectivity index (χ2n) is 19.5. The Balaban J connectivity index is 4.33. The third kappa shape index (κ3) is 55.0. The molecule has 0 heterocycles. The van der Waals surface area contributed by atoms with E-state index in [1.165, 1.54) is 19.3 Å². The Labute approximate surface area is 446 Å². The second kappa shape index (κ2) is 53.7. The van der Waals surface area contributed by atoms with Crippen molar-refractivity contribution in [3.8, 4) is 0 Å². The molecule has 0 aliphatic carbocycles. The van der Waals surface area contributed by atoms with Crippen molar-refractivity contribution < 1.29 is 42.9 Å². The number of ether oxygens (including phenoxy) is 4. The highest BCUT2D eigenvalue weighted by molar-refractivity contribution is 5.70. The Bertz CT molecular complexity index is 1650. The first-order chi connectivity index (χ1) is 35.6. The van der Waals surface area contributed by atoms with Crippen LogP contribution in [0, 0.1) is 0 Å². The van der Waals surface area contributed by atoms with E-state index in [9.17, 15) is 19.5 Å². The van der Waals surface area contributed by atoms with E-state index in [-0.39, 0.29) is 38.6 Å². The molecule has 0 aromatic heterocycles. The Morgan fingerprint density at radius 1 is 0.411 bits per heavy atom. The van der Waals surface area contributed by atoms with Crippen molar-refractivity contribution in [3.63, 3.8) is 0 Å². The van der Waals surface area contributed by atoms with Crippen molar-refractivity contribution in [1.29, 1.82) is 0 Å². The number of carbonyl (C=O) groups is 3. The fourth-order valence-electron chi connectivity index (χ4n) is 7.09. The molecule has 0 N–H and O–H groups in total. The number of unbranched alkanes of at least 4 members (excludes halogenated alkanes) is 13. The molecule has 0 rings (SSSR count). The normalized spacial score (nSPS) is 13.8. The maximum atomic E-state index is 12.9. The van der Waals surface area contributed by atoms with Gasteiger partial charge in [-0.15, -0.1) is 0 Å². The quantitative estimate of drug-likeness (QED) is 0.0195. The number of rotatable bonds is 50. The van der Waals surface area contributed by atoms with Crippen molar-refractivity contribution >= 4 is 17.9 Å². The fraction of sp³-hybridized carbons (Fsp3) is 0.609. The number of likely N-dealkylation sites (N-methyl/N-ethyl adjacent to an activating group) is 1. The van der Waals surface area contributed by atoms with Gasteiger partial charge in [-0.3, -0.25) is 9.59 Å². The lowest BCUT2D eigenvalue weighted by Crippen LogP contribution is -2.44. The molecule has 0 bridgehead atoms. The van der Waals surface area contributed by atoms with Crippen LogP contribution in [0.5, 0.6) is 0 Å². The van der Waals surface area contributed by atoms with Crippen LogP contribution in [-0.2, 0) is 33.3 Å². The lowest BCUT2D eigenvalue weighted by Gasteiger charge is -2.26. The van der Waals surface area contributed by atoms with Gasteiger partial charge in [0.2, 0.25) is 0 Å². The first-order valence-electron chi connectivity index (χ1n) is 28.3. The van der Waals surface area contributed by atoms with Crippen LogP contribution >= 0.6 is 0 Å². The summed E-state index contributed by atoms with van der Waals surface area (Å²) in [6.45, 7) is 4.47. The molecule has 412 valence electrons. The van der Waals surface area contributed by atoms with Crippen LogP contribution in [0.4, 0.5) is 0 Å². The highest BCUT2D eigenvalue weighted by Gasteiger charge is 2.22. The van der Waals surface area contributed by atoms with Crippen molar-refractivity contribution in [1.82, 2.24) is 0 Å². The van der Waals surface area contributed by atoms with Gasteiger partial charge in [-0.2, -0.15) is 0 Å².